The molecule has 1 N–H and O–H groups in total. The van der Waals surface area contributed by atoms with E-state index in [4.69, 9.17) is 23.2 Å². The Balaban J connectivity index is 2.53. The van der Waals surface area contributed by atoms with Crippen molar-refractivity contribution in [2.75, 3.05) is 6.54 Å². The third kappa shape index (κ3) is 4.87. The summed E-state index contributed by atoms with van der Waals surface area (Å²) in [7, 11) is 0. The van der Waals surface area contributed by atoms with Crippen molar-refractivity contribution in [3.63, 3.8) is 0 Å². The predicted octanol–water partition coefficient (Wildman–Crippen LogP) is 4.70. The van der Waals surface area contributed by atoms with Gasteiger partial charge in [-0.15, -0.1) is 0 Å². The van der Waals surface area contributed by atoms with Gasteiger partial charge in [0.05, 0.1) is 0 Å². The minimum Gasteiger partial charge on any atom is -0.314 e. The van der Waals surface area contributed by atoms with E-state index in [1.165, 1.54) is 6.42 Å². The Morgan fingerprint density at radius 2 is 1.82 bits per heavy atom. The van der Waals surface area contributed by atoms with Crippen LogP contribution in [-0.2, 0) is 6.42 Å². The molecular weight excluding hydrogens is 253 g/mol. The van der Waals surface area contributed by atoms with Gasteiger partial charge >= 0.3 is 0 Å². The maximum absolute atomic E-state index is 6.16. The quantitative estimate of drug-likeness (QED) is 0.759. The van der Waals surface area contributed by atoms with Crippen molar-refractivity contribution in [1.82, 2.24) is 5.32 Å². The zero-order valence-electron chi connectivity index (χ0n) is 10.6. The van der Waals surface area contributed by atoms with Crippen LogP contribution < -0.4 is 5.32 Å². The van der Waals surface area contributed by atoms with Crippen molar-refractivity contribution >= 4 is 23.2 Å². The van der Waals surface area contributed by atoms with Gasteiger partial charge in [0.2, 0.25) is 0 Å². The van der Waals surface area contributed by atoms with Crippen molar-refractivity contribution in [1.29, 1.82) is 0 Å². The highest BCUT2D eigenvalue weighted by Crippen LogP contribution is 2.26. The van der Waals surface area contributed by atoms with Crippen LogP contribution in [0.3, 0.4) is 0 Å². The molecule has 0 amide bonds. The van der Waals surface area contributed by atoms with Crippen molar-refractivity contribution < 1.29 is 0 Å². The highest BCUT2D eigenvalue weighted by atomic mass is 35.5. The first kappa shape index (κ1) is 14.8. The van der Waals surface area contributed by atoms with Crippen LogP contribution in [0.15, 0.2) is 18.2 Å². The Bertz CT molecular complexity index is 319. The van der Waals surface area contributed by atoms with Gasteiger partial charge in [-0.1, -0.05) is 43.1 Å². The highest BCUT2D eigenvalue weighted by molar-refractivity contribution is 6.35. The number of hydrogen-bond donors (Lipinski definition) is 1. The van der Waals surface area contributed by atoms with Crippen LogP contribution in [0.25, 0.3) is 0 Å². The molecule has 1 aromatic rings. The molecule has 17 heavy (non-hydrogen) atoms. The van der Waals surface area contributed by atoms with Crippen molar-refractivity contribution in [3.8, 4) is 0 Å². The molecule has 1 rings (SSSR count). The lowest BCUT2D eigenvalue weighted by molar-refractivity contribution is 0.468. The van der Waals surface area contributed by atoms with Crippen LogP contribution in [0.2, 0.25) is 10.0 Å². The summed E-state index contributed by atoms with van der Waals surface area (Å²) in [6, 6.07) is 6.26. The topological polar surface area (TPSA) is 12.0 Å². The summed E-state index contributed by atoms with van der Waals surface area (Å²) in [6.45, 7) is 5.47. The fraction of sp³-hybridized carbons (Fsp3) is 0.571. The van der Waals surface area contributed by atoms with Gasteiger partial charge in [0.25, 0.3) is 0 Å². The Kier molecular flexibility index (Phi) is 6.94. The van der Waals surface area contributed by atoms with E-state index in [2.05, 4.69) is 19.2 Å². The van der Waals surface area contributed by atoms with Crippen molar-refractivity contribution in [2.24, 2.45) is 0 Å². The predicted molar refractivity (Wildman–Crippen MR) is 77.2 cm³/mol. The van der Waals surface area contributed by atoms with E-state index in [1.54, 1.807) is 0 Å². The van der Waals surface area contributed by atoms with E-state index in [1.807, 2.05) is 18.2 Å². The minimum atomic E-state index is 0.558. The fourth-order valence-corrected chi connectivity index (χ4v) is 2.48. The summed E-state index contributed by atoms with van der Waals surface area (Å²) in [5.41, 5.74) is 1.08. The van der Waals surface area contributed by atoms with Crippen molar-refractivity contribution in [3.05, 3.63) is 33.8 Å². The monoisotopic (exact) mass is 273 g/mol. The maximum Gasteiger partial charge on any atom is 0.0452 e. The standard InChI is InChI=1S/C14H21Cl2N/c1-3-10-17-11(4-2)8-9-12-13(15)6-5-7-14(12)16/h5-7,11,17H,3-4,8-10H2,1-2H3. The molecule has 3 heteroatoms. The number of benzene rings is 1. The lowest BCUT2D eigenvalue weighted by Crippen LogP contribution is -2.29. The summed E-state index contributed by atoms with van der Waals surface area (Å²) < 4.78 is 0. The first-order chi connectivity index (χ1) is 8.19. The van der Waals surface area contributed by atoms with Crippen LogP contribution in [-0.4, -0.2) is 12.6 Å². The number of hydrogen-bond acceptors (Lipinski definition) is 1. The molecule has 0 aromatic heterocycles. The summed E-state index contributed by atoms with van der Waals surface area (Å²) in [5, 5.41) is 5.10. The van der Waals surface area contributed by atoms with Crippen LogP contribution in [0.1, 0.15) is 38.7 Å². The van der Waals surface area contributed by atoms with Gasteiger partial charge in [-0.25, -0.2) is 0 Å². The molecule has 0 saturated carbocycles. The summed E-state index contributed by atoms with van der Waals surface area (Å²) in [4.78, 5) is 0. The normalized spacial score (nSPS) is 12.7. The second kappa shape index (κ2) is 7.97. The maximum atomic E-state index is 6.16. The van der Waals surface area contributed by atoms with Crippen LogP contribution >= 0.6 is 23.2 Å². The summed E-state index contributed by atoms with van der Waals surface area (Å²) in [5.74, 6) is 0. The lowest BCUT2D eigenvalue weighted by atomic mass is 10.0. The SMILES string of the molecule is CCCNC(CC)CCc1c(Cl)cccc1Cl. The summed E-state index contributed by atoms with van der Waals surface area (Å²) in [6.07, 6.45) is 4.33. The second-order valence-corrected chi connectivity index (χ2v) is 5.11. The Morgan fingerprint density at radius 3 is 2.35 bits per heavy atom. The third-order valence-electron chi connectivity index (χ3n) is 2.98. The van der Waals surface area contributed by atoms with Gasteiger partial charge in [-0.3, -0.25) is 0 Å². The zero-order chi connectivity index (χ0) is 12.7. The van der Waals surface area contributed by atoms with E-state index in [0.29, 0.717) is 6.04 Å². The molecule has 96 valence electrons. The number of nitrogens with one attached hydrogen (secondary N) is 1. The van der Waals surface area contributed by atoms with Gasteiger partial charge in [-0.2, -0.15) is 0 Å². The smallest absolute Gasteiger partial charge is 0.0452 e. The van der Waals surface area contributed by atoms with E-state index in [9.17, 15) is 0 Å². The molecule has 0 saturated heterocycles. The molecule has 0 aliphatic carbocycles. The molecule has 0 fully saturated rings. The Labute approximate surface area is 115 Å². The second-order valence-electron chi connectivity index (χ2n) is 4.30. The molecule has 0 aliphatic heterocycles. The first-order valence-corrected chi connectivity index (χ1v) is 7.10. The fourth-order valence-electron chi connectivity index (χ4n) is 1.89. The zero-order valence-corrected chi connectivity index (χ0v) is 12.1. The van der Waals surface area contributed by atoms with Gasteiger partial charge in [0, 0.05) is 16.1 Å². The van der Waals surface area contributed by atoms with E-state index >= 15 is 0 Å². The Morgan fingerprint density at radius 1 is 1.18 bits per heavy atom. The third-order valence-corrected chi connectivity index (χ3v) is 3.69. The molecule has 0 aliphatic rings. The molecule has 1 nitrogen and oxygen atoms in total. The molecule has 0 spiro atoms. The molecule has 0 heterocycles. The van der Waals surface area contributed by atoms with E-state index in [0.717, 1.165) is 41.4 Å². The molecule has 0 radical (unpaired) electrons. The van der Waals surface area contributed by atoms with E-state index < -0.39 is 0 Å². The van der Waals surface area contributed by atoms with Crippen LogP contribution in [0, 0.1) is 0 Å². The van der Waals surface area contributed by atoms with Crippen molar-refractivity contribution in [2.45, 2.75) is 45.6 Å². The van der Waals surface area contributed by atoms with E-state index in [-0.39, 0.29) is 0 Å². The lowest BCUT2D eigenvalue weighted by Gasteiger charge is -2.17. The Hall–Kier alpha value is -0.240. The minimum absolute atomic E-state index is 0.558. The molecule has 1 unspecified atom stereocenters. The summed E-state index contributed by atoms with van der Waals surface area (Å²) >= 11 is 12.3. The largest absolute Gasteiger partial charge is 0.314 e. The first-order valence-electron chi connectivity index (χ1n) is 6.35. The van der Waals surface area contributed by atoms with Crippen LogP contribution in [0.5, 0.6) is 0 Å². The average Bonchev–Trinajstić information content (AvgIpc) is 2.32. The molecule has 1 aromatic carbocycles. The molecule has 0 bridgehead atoms. The number of rotatable bonds is 7. The van der Waals surface area contributed by atoms with Gasteiger partial charge in [-0.05, 0) is 49.9 Å². The molecular formula is C14H21Cl2N. The van der Waals surface area contributed by atoms with Gasteiger partial charge in [0.1, 0.15) is 0 Å². The highest BCUT2D eigenvalue weighted by Gasteiger charge is 2.09. The molecule has 1 atom stereocenters. The van der Waals surface area contributed by atoms with Gasteiger partial charge < -0.3 is 5.32 Å². The van der Waals surface area contributed by atoms with Gasteiger partial charge in [0.15, 0.2) is 0 Å². The number of halogens is 2. The van der Waals surface area contributed by atoms with Crippen LogP contribution in [0.4, 0.5) is 0 Å². The average molecular weight is 274 g/mol.